The molecule has 1 unspecified atom stereocenters. The predicted octanol–water partition coefficient (Wildman–Crippen LogP) is 2.13. The molecule has 2 N–H and O–H groups in total. The van der Waals surface area contributed by atoms with Crippen molar-refractivity contribution in [1.29, 1.82) is 0 Å². The third-order valence-corrected chi connectivity index (χ3v) is 4.96. The molecular weight excluding hydrogens is 344 g/mol. The Bertz CT molecular complexity index is 838. The number of carbonyl (C=O) groups excluding carboxylic acids is 2. The monoisotopic (exact) mass is 370 g/mol. The largest absolute Gasteiger partial charge is 0.376 e. The Labute approximate surface area is 159 Å². The van der Waals surface area contributed by atoms with Crippen molar-refractivity contribution in [3.63, 3.8) is 0 Å². The Balaban J connectivity index is 1.66. The number of amides is 2. The first-order chi connectivity index (χ1) is 13.0. The van der Waals surface area contributed by atoms with E-state index in [0.717, 1.165) is 36.4 Å². The molecule has 0 aliphatic carbocycles. The summed E-state index contributed by atoms with van der Waals surface area (Å²) in [6.07, 6.45) is 2.28. The number of aryl methyl sites for hydroxylation is 2. The van der Waals surface area contributed by atoms with E-state index >= 15 is 0 Å². The van der Waals surface area contributed by atoms with Crippen LogP contribution in [0, 0.1) is 13.8 Å². The summed E-state index contributed by atoms with van der Waals surface area (Å²) < 4.78 is 7.30. The van der Waals surface area contributed by atoms with Crippen molar-refractivity contribution in [2.75, 3.05) is 18.5 Å². The van der Waals surface area contributed by atoms with E-state index in [1.165, 1.54) is 0 Å². The second-order valence-electron chi connectivity index (χ2n) is 6.89. The van der Waals surface area contributed by atoms with E-state index < -0.39 is 0 Å². The molecule has 1 fully saturated rings. The second kappa shape index (κ2) is 8.35. The SMILES string of the molecule is Cc1nn(C)c(C)c1CC(=O)Nc1ccccc1C(=O)NCC1CCCO1. The zero-order valence-electron chi connectivity index (χ0n) is 16.0. The first-order valence-corrected chi connectivity index (χ1v) is 9.23. The summed E-state index contributed by atoms with van der Waals surface area (Å²) in [6, 6.07) is 7.03. The molecule has 7 nitrogen and oxygen atoms in total. The van der Waals surface area contributed by atoms with Gasteiger partial charge in [-0.1, -0.05) is 12.1 Å². The van der Waals surface area contributed by atoms with Crippen molar-refractivity contribution in [3.05, 3.63) is 46.8 Å². The number of para-hydroxylation sites is 1. The van der Waals surface area contributed by atoms with Crippen LogP contribution in [0.15, 0.2) is 24.3 Å². The fraction of sp³-hybridized carbons (Fsp3) is 0.450. The Morgan fingerprint density at radius 3 is 2.74 bits per heavy atom. The number of ether oxygens (including phenoxy) is 1. The maximum Gasteiger partial charge on any atom is 0.253 e. The van der Waals surface area contributed by atoms with Gasteiger partial charge in [0.25, 0.3) is 5.91 Å². The van der Waals surface area contributed by atoms with Crippen LogP contribution in [0.25, 0.3) is 0 Å². The Hall–Kier alpha value is -2.67. The van der Waals surface area contributed by atoms with Crippen LogP contribution in [0.3, 0.4) is 0 Å². The minimum Gasteiger partial charge on any atom is -0.376 e. The number of nitrogens with one attached hydrogen (secondary N) is 2. The second-order valence-corrected chi connectivity index (χ2v) is 6.89. The van der Waals surface area contributed by atoms with Gasteiger partial charge >= 0.3 is 0 Å². The summed E-state index contributed by atoms with van der Waals surface area (Å²) in [5, 5.41) is 10.1. The fourth-order valence-electron chi connectivity index (χ4n) is 3.33. The maximum atomic E-state index is 12.5. The highest BCUT2D eigenvalue weighted by molar-refractivity contribution is 6.04. The van der Waals surface area contributed by atoms with Gasteiger partial charge in [-0.2, -0.15) is 5.10 Å². The van der Waals surface area contributed by atoms with Crippen LogP contribution in [0.1, 0.15) is 40.2 Å². The normalized spacial score (nSPS) is 16.3. The van der Waals surface area contributed by atoms with E-state index in [2.05, 4.69) is 15.7 Å². The fourth-order valence-corrected chi connectivity index (χ4v) is 3.33. The molecular formula is C20H26N4O3. The quantitative estimate of drug-likeness (QED) is 0.816. The van der Waals surface area contributed by atoms with Crippen LogP contribution in [-0.2, 0) is 23.0 Å². The average Bonchev–Trinajstić information content (AvgIpc) is 3.24. The highest BCUT2D eigenvalue weighted by Crippen LogP contribution is 2.18. The van der Waals surface area contributed by atoms with E-state index in [1.54, 1.807) is 28.9 Å². The van der Waals surface area contributed by atoms with Crippen molar-refractivity contribution < 1.29 is 14.3 Å². The van der Waals surface area contributed by atoms with Gasteiger partial charge in [-0.25, -0.2) is 0 Å². The van der Waals surface area contributed by atoms with Gasteiger partial charge in [0.15, 0.2) is 0 Å². The lowest BCUT2D eigenvalue weighted by molar-refractivity contribution is -0.115. The molecule has 144 valence electrons. The molecule has 2 amide bonds. The van der Waals surface area contributed by atoms with Gasteiger partial charge < -0.3 is 15.4 Å². The molecule has 2 aromatic rings. The van der Waals surface area contributed by atoms with E-state index in [1.807, 2.05) is 20.9 Å². The highest BCUT2D eigenvalue weighted by Gasteiger charge is 2.19. The molecule has 0 bridgehead atoms. The average molecular weight is 370 g/mol. The first-order valence-electron chi connectivity index (χ1n) is 9.23. The zero-order valence-corrected chi connectivity index (χ0v) is 16.0. The smallest absolute Gasteiger partial charge is 0.253 e. The Kier molecular flexibility index (Phi) is 5.91. The number of rotatable bonds is 6. The number of carbonyl (C=O) groups is 2. The lowest BCUT2D eigenvalue weighted by atomic mass is 10.1. The van der Waals surface area contributed by atoms with Crippen LogP contribution in [0.4, 0.5) is 5.69 Å². The van der Waals surface area contributed by atoms with Gasteiger partial charge in [0.1, 0.15) is 0 Å². The summed E-state index contributed by atoms with van der Waals surface area (Å²) in [4.78, 5) is 25.1. The topological polar surface area (TPSA) is 85.2 Å². The van der Waals surface area contributed by atoms with Crippen molar-refractivity contribution in [1.82, 2.24) is 15.1 Å². The number of hydrogen-bond donors (Lipinski definition) is 2. The molecule has 1 aliphatic heterocycles. The highest BCUT2D eigenvalue weighted by atomic mass is 16.5. The minimum absolute atomic E-state index is 0.0761. The van der Waals surface area contributed by atoms with Crippen molar-refractivity contribution >= 4 is 17.5 Å². The van der Waals surface area contributed by atoms with E-state index in [9.17, 15) is 9.59 Å². The Morgan fingerprint density at radius 1 is 1.30 bits per heavy atom. The van der Waals surface area contributed by atoms with Crippen LogP contribution < -0.4 is 10.6 Å². The number of anilines is 1. The predicted molar refractivity (Wildman–Crippen MR) is 103 cm³/mol. The van der Waals surface area contributed by atoms with Crippen molar-refractivity contribution in [2.24, 2.45) is 7.05 Å². The molecule has 1 atom stereocenters. The molecule has 1 aromatic heterocycles. The van der Waals surface area contributed by atoms with E-state index in [0.29, 0.717) is 17.8 Å². The lowest BCUT2D eigenvalue weighted by Crippen LogP contribution is -2.32. The van der Waals surface area contributed by atoms with E-state index in [-0.39, 0.29) is 24.3 Å². The summed E-state index contributed by atoms with van der Waals surface area (Å²) in [5.74, 6) is -0.385. The van der Waals surface area contributed by atoms with Gasteiger partial charge in [0, 0.05) is 31.5 Å². The number of hydrogen-bond acceptors (Lipinski definition) is 4. The number of aromatic nitrogens is 2. The molecule has 3 rings (SSSR count). The van der Waals surface area contributed by atoms with Crippen LogP contribution in [-0.4, -0.2) is 40.9 Å². The molecule has 2 heterocycles. The number of nitrogens with zero attached hydrogens (tertiary/aromatic N) is 2. The molecule has 0 spiro atoms. The van der Waals surface area contributed by atoms with Crippen molar-refractivity contribution in [3.8, 4) is 0 Å². The summed E-state index contributed by atoms with van der Waals surface area (Å²) >= 11 is 0. The standard InChI is InChI=1S/C20H26N4O3/c1-13-17(14(2)24(3)23-13)11-19(25)22-18-9-5-4-8-16(18)20(26)21-12-15-7-6-10-27-15/h4-5,8-9,15H,6-7,10-12H2,1-3H3,(H,21,26)(H,22,25). The summed E-state index contributed by atoms with van der Waals surface area (Å²) in [6.45, 7) is 5.06. The molecule has 0 radical (unpaired) electrons. The minimum atomic E-state index is -0.213. The van der Waals surface area contributed by atoms with Crippen LogP contribution in [0.2, 0.25) is 0 Å². The van der Waals surface area contributed by atoms with Crippen LogP contribution in [0.5, 0.6) is 0 Å². The third-order valence-electron chi connectivity index (χ3n) is 4.96. The van der Waals surface area contributed by atoms with Crippen molar-refractivity contribution in [2.45, 2.75) is 39.2 Å². The van der Waals surface area contributed by atoms with Gasteiger partial charge in [-0.05, 0) is 38.8 Å². The van der Waals surface area contributed by atoms with Gasteiger partial charge in [0.2, 0.25) is 5.91 Å². The zero-order chi connectivity index (χ0) is 19.4. The van der Waals surface area contributed by atoms with E-state index in [4.69, 9.17) is 4.74 Å². The molecule has 27 heavy (non-hydrogen) atoms. The van der Waals surface area contributed by atoms with Crippen LogP contribution >= 0.6 is 0 Å². The maximum absolute atomic E-state index is 12.5. The molecule has 0 saturated carbocycles. The molecule has 1 aliphatic rings. The summed E-state index contributed by atoms with van der Waals surface area (Å²) in [7, 11) is 1.86. The third kappa shape index (κ3) is 4.54. The lowest BCUT2D eigenvalue weighted by Gasteiger charge is -2.14. The first kappa shape index (κ1) is 19.1. The number of benzene rings is 1. The van der Waals surface area contributed by atoms with Gasteiger partial charge in [-0.15, -0.1) is 0 Å². The van der Waals surface area contributed by atoms with Gasteiger partial charge in [0.05, 0.1) is 29.5 Å². The van der Waals surface area contributed by atoms with Gasteiger partial charge in [-0.3, -0.25) is 14.3 Å². The molecule has 1 aromatic carbocycles. The summed E-state index contributed by atoms with van der Waals surface area (Å²) in [5.41, 5.74) is 3.67. The molecule has 1 saturated heterocycles. The molecule has 7 heteroatoms. The Morgan fingerprint density at radius 2 is 2.07 bits per heavy atom.